The maximum Gasteiger partial charge on any atom is 0.522 e. The number of pyridine rings is 1. The quantitative estimate of drug-likeness (QED) is 0.252. The van der Waals surface area contributed by atoms with Gasteiger partial charge in [-0.25, -0.2) is 13.4 Å². The molecule has 3 aromatic rings. The normalized spacial score (nSPS) is 18.8. The van der Waals surface area contributed by atoms with Crippen LogP contribution in [0.1, 0.15) is 59.2 Å². The molecule has 2 heterocycles. The van der Waals surface area contributed by atoms with Crippen LogP contribution in [-0.2, 0) is 20.8 Å². The first-order valence-electron chi connectivity index (χ1n) is 14.4. The van der Waals surface area contributed by atoms with Crippen LogP contribution in [0.2, 0.25) is 0 Å². The molecule has 8 nitrogen and oxygen atoms in total. The number of halogens is 6. The molecule has 46 heavy (non-hydrogen) atoms. The molecule has 0 saturated carbocycles. The fourth-order valence-electron chi connectivity index (χ4n) is 5.45. The SMILES string of the molecule is CCS(=O)(=O)c1ccc([C@H](CO)C(C)NC(=O)c2ccc(N3C[C@H](c4ccc(C(F)(F)F)cc4)C[C@H]3COC(F)(F)F)nc2)cc1. The number of alkyl halides is 6. The van der Waals surface area contributed by atoms with E-state index in [4.69, 9.17) is 0 Å². The first-order valence-corrected chi connectivity index (χ1v) is 16.0. The number of aromatic nitrogens is 1. The second-order valence-corrected chi connectivity index (χ2v) is 13.3. The van der Waals surface area contributed by atoms with Crippen LogP contribution in [0.15, 0.2) is 71.8 Å². The van der Waals surface area contributed by atoms with Crippen molar-refractivity contribution in [2.75, 3.05) is 30.4 Å². The minimum Gasteiger partial charge on any atom is -0.396 e. The number of rotatable bonds is 11. The van der Waals surface area contributed by atoms with E-state index in [0.29, 0.717) is 11.1 Å². The van der Waals surface area contributed by atoms with Crippen molar-refractivity contribution in [1.29, 1.82) is 0 Å². The van der Waals surface area contributed by atoms with Gasteiger partial charge in [-0.3, -0.25) is 9.53 Å². The van der Waals surface area contributed by atoms with E-state index in [1.807, 2.05) is 0 Å². The predicted octanol–water partition coefficient (Wildman–Crippen LogP) is 5.69. The number of nitrogens with zero attached hydrogens (tertiary/aromatic N) is 2. The second kappa shape index (κ2) is 14.0. The third-order valence-electron chi connectivity index (χ3n) is 8.07. The highest BCUT2D eigenvalue weighted by molar-refractivity contribution is 7.91. The first kappa shape index (κ1) is 35.2. The summed E-state index contributed by atoms with van der Waals surface area (Å²) in [5, 5.41) is 12.8. The largest absolute Gasteiger partial charge is 0.522 e. The molecule has 0 bridgehead atoms. The van der Waals surface area contributed by atoms with Crippen LogP contribution in [0.5, 0.6) is 0 Å². The van der Waals surface area contributed by atoms with Crippen LogP contribution in [0.4, 0.5) is 32.2 Å². The highest BCUT2D eigenvalue weighted by Crippen LogP contribution is 2.37. The van der Waals surface area contributed by atoms with Gasteiger partial charge in [-0.15, -0.1) is 13.2 Å². The Labute approximate surface area is 262 Å². The van der Waals surface area contributed by atoms with Crippen molar-refractivity contribution in [2.24, 2.45) is 0 Å². The molecular weight excluding hydrogens is 640 g/mol. The Morgan fingerprint density at radius 1 is 1.04 bits per heavy atom. The molecule has 1 fully saturated rings. The molecule has 2 aromatic carbocycles. The highest BCUT2D eigenvalue weighted by atomic mass is 32.2. The number of aliphatic hydroxyl groups excluding tert-OH is 1. The van der Waals surface area contributed by atoms with Gasteiger partial charge in [-0.05, 0) is 60.9 Å². The number of hydrogen-bond acceptors (Lipinski definition) is 7. The van der Waals surface area contributed by atoms with Crippen molar-refractivity contribution < 1.29 is 49.4 Å². The van der Waals surface area contributed by atoms with Gasteiger partial charge in [0.2, 0.25) is 0 Å². The number of aliphatic hydroxyl groups is 1. The van der Waals surface area contributed by atoms with E-state index in [2.05, 4.69) is 15.0 Å². The van der Waals surface area contributed by atoms with Crippen molar-refractivity contribution >= 4 is 21.6 Å². The van der Waals surface area contributed by atoms with Gasteiger partial charge in [0.25, 0.3) is 5.91 Å². The molecule has 1 saturated heterocycles. The molecule has 4 atom stereocenters. The number of hydrogen-bond donors (Lipinski definition) is 2. The van der Waals surface area contributed by atoms with Gasteiger partial charge in [0, 0.05) is 30.6 Å². The van der Waals surface area contributed by atoms with Gasteiger partial charge in [-0.1, -0.05) is 31.2 Å². The Hall–Kier alpha value is -3.69. The lowest BCUT2D eigenvalue weighted by Crippen LogP contribution is -2.38. The standard InChI is InChI=1S/C31H33F6N3O5S/c1-3-46(43,44)26-11-6-21(7-12-26)27(17-41)19(2)39-29(42)22-8-13-28(38-15-22)40-16-23(14-25(40)18-45-31(35,36)37)20-4-9-24(10-5-20)30(32,33)34/h4-13,15,19,23,25,27,41H,3,14,16-18H2,1-2H3,(H,39,42)/t19?,23-,25+,27-/m1/s1. The van der Waals surface area contributed by atoms with Gasteiger partial charge < -0.3 is 15.3 Å². The number of carbonyl (C=O) groups excluding carboxylic acids is 1. The van der Waals surface area contributed by atoms with Gasteiger partial charge >= 0.3 is 12.5 Å². The van der Waals surface area contributed by atoms with Gasteiger partial charge in [0.15, 0.2) is 9.84 Å². The summed E-state index contributed by atoms with van der Waals surface area (Å²) in [6, 6.07) is 12.0. The van der Waals surface area contributed by atoms with E-state index >= 15 is 0 Å². The summed E-state index contributed by atoms with van der Waals surface area (Å²) < 4.78 is 106. The van der Waals surface area contributed by atoms with E-state index in [1.54, 1.807) is 24.0 Å². The van der Waals surface area contributed by atoms with Crippen LogP contribution in [0.3, 0.4) is 0 Å². The van der Waals surface area contributed by atoms with Gasteiger partial charge in [0.1, 0.15) is 5.82 Å². The van der Waals surface area contributed by atoms with Crippen molar-refractivity contribution in [3.8, 4) is 0 Å². The number of nitrogens with one attached hydrogen (secondary N) is 1. The van der Waals surface area contributed by atoms with Crippen molar-refractivity contribution in [3.05, 3.63) is 89.1 Å². The summed E-state index contributed by atoms with van der Waals surface area (Å²) in [5.41, 5.74) is 0.442. The summed E-state index contributed by atoms with van der Waals surface area (Å²) in [7, 11) is -3.41. The summed E-state index contributed by atoms with van der Waals surface area (Å²) >= 11 is 0. The highest BCUT2D eigenvalue weighted by Gasteiger charge is 2.38. The van der Waals surface area contributed by atoms with Crippen molar-refractivity contribution in [3.63, 3.8) is 0 Å². The minimum absolute atomic E-state index is 0.0610. The molecule has 15 heteroatoms. The predicted molar refractivity (Wildman–Crippen MR) is 157 cm³/mol. The maximum absolute atomic E-state index is 13.0. The fourth-order valence-corrected chi connectivity index (χ4v) is 6.34. The second-order valence-electron chi connectivity index (χ2n) is 11.0. The summed E-state index contributed by atoms with van der Waals surface area (Å²) in [6.07, 6.45) is -7.99. The third-order valence-corrected chi connectivity index (χ3v) is 9.82. The Bertz CT molecular complexity index is 1580. The minimum atomic E-state index is -4.88. The third kappa shape index (κ3) is 8.56. The van der Waals surface area contributed by atoms with Crippen LogP contribution < -0.4 is 10.2 Å². The van der Waals surface area contributed by atoms with Crippen LogP contribution in [0, 0.1) is 0 Å². The number of carbonyl (C=O) groups is 1. The monoisotopic (exact) mass is 673 g/mol. The molecule has 4 rings (SSSR count). The smallest absolute Gasteiger partial charge is 0.396 e. The Kier molecular flexibility index (Phi) is 10.7. The number of ether oxygens (including phenoxy) is 1. The molecule has 1 aliphatic rings. The van der Waals surface area contributed by atoms with E-state index in [9.17, 15) is 44.7 Å². The van der Waals surface area contributed by atoms with E-state index in [-0.39, 0.29) is 41.6 Å². The topological polar surface area (TPSA) is 109 Å². The molecule has 0 spiro atoms. The van der Waals surface area contributed by atoms with E-state index < -0.39 is 64.4 Å². The number of amides is 1. The lowest BCUT2D eigenvalue weighted by atomic mass is 9.93. The average Bonchev–Trinajstić information content (AvgIpc) is 3.44. The lowest BCUT2D eigenvalue weighted by molar-refractivity contribution is -0.325. The molecule has 250 valence electrons. The maximum atomic E-state index is 13.0. The molecule has 1 aliphatic heterocycles. The van der Waals surface area contributed by atoms with Gasteiger partial charge in [-0.2, -0.15) is 13.2 Å². The summed E-state index contributed by atoms with van der Waals surface area (Å²) in [5.74, 6) is -1.30. The first-order chi connectivity index (χ1) is 21.5. The Morgan fingerprint density at radius 3 is 2.22 bits per heavy atom. The van der Waals surface area contributed by atoms with Crippen LogP contribution in [-0.4, -0.2) is 68.4 Å². The molecule has 1 amide bonds. The zero-order valence-electron chi connectivity index (χ0n) is 24.8. The van der Waals surface area contributed by atoms with Crippen molar-refractivity contribution in [1.82, 2.24) is 10.3 Å². The molecule has 2 N–H and O–H groups in total. The Balaban J connectivity index is 1.47. The van der Waals surface area contributed by atoms with E-state index in [0.717, 1.165) is 12.1 Å². The molecule has 1 aromatic heterocycles. The lowest BCUT2D eigenvalue weighted by Gasteiger charge is -2.26. The zero-order valence-corrected chi connectivity index (χ0v) is 25.7. The van der Waals surface area contributed by atoms with Crippen molar-refractivity contribution in [2.45, 2.75) is 61.6 Å². The summed E-state index contributed by atoms with van der Waals surface area (Å²) in [4.78, 5) is 19.0. The summed E-state index contributed by atoms with van der Waals surface area (Å²) in [6.45, 7) is 2.30. The molecular formula is C31H33F6N3O5S. The molecule has 1 unspecified atom stereocenters. The van der Waals surface area contributed by atoms with Gasteiger partial charge in [0.05, 0.1) is 41.0 Å². The number of anilines is 1. The molecule has 0 aliphatic carbocycles. The average molecular weight is 674 g/mol. The number of sulfone groups is 1. The van der Waals surface area contributed by atoms with Crippen LogP contribution in [0.25, 0.3) is 0 Å². The van der Waals surface area contributed by atoms with Crippen LogP contribution >= 0.6 is 0 Å². The zero-order chi connectivity index (χ0) is 33.9. The Morgan fingerprint density at radius 2 is 1.70 bits per heavy atom. The van der Waals surface area contributed by atoms with E-state index in [1.165, 1.54) is 49.5 Å². The number of benzene rings is 2. The fraction of sp³-hybridized carbons (Fsp3) is 0.419. The molecule has 0 radical (unpaired) electrons.